The van der Waals surface area contributed by atoms with Gasteiger partial charge < -0.3 is 9.47 Å². The maximum atomic E-state index is 11.5. The van der Waals surface area contributed by atoms with E-state index in [1.807, 2.05) is 0 Å². The van der Waals surface area contributed by atoms with Gasteiger partial charge >= 0.3 is 11.9 Å². The monoisotopic (exact) mass is 314 g/mol. The molecular weight excluding hydrogens is 280 g/mol. The zero-order valence-corrected chi connectivity index (χ0v) is 14.5. The largest absolute Gasteiger partial charge is 0.469 e. The molecule has 0 aromatic carbocycles. The van der Waals surface area contributed by atoms with Crippen molar-refractivity contribution in [2.75, 3.05) is 13.7 Å². The van der Waals surface area contributed by atoms with Gasteiger partial charge in [-0.25, -0.2) is 0 Å². The van der Waals surface area contributed by atoms with E-state index in [1.165, 1.54) is 45.6 Å². The molecule has 0 heterocycles. The fourth-order valence-electron chi connectivity index (χ4n) is 2.31. The van der Waals surface area contributed by atoms with Crippen molar-refractivity contribution in [1.82, 2.24) is 0 Å². The van der Waals surface area contributed by atoms with Crippen LogP contribution in [0.15, 0.2) is 0 Å². The molecule has 0 fully saturated rings. The first-order valence-corrected chi connectivity index (χ1v) is 8.93. The molecule has 4 heteroatoms. The van der Waals surface area contributed by atoms with Crippen LogP contribution in [0, 0.1) is 0 Å². The van der Waals surface area contributed by atoms with Crippen molar-refractivity contribution in [2.24, 2.45) is 0 Å². The Kier molecular flexibility index (Phi) is 15.5. The van der Waals surface area contributed by atoms with Crippen molar-refractivity contribution in [3.8, 4) is 0 Å². The number of ether oxygens (including phenoxy) is 2. The molecule has 0 amide bonds. The Morgan fingerprint density at radius 1 is 0.682 bits per heavy atom. The molecule has 0 atom stereocenters. The van der Waals surface area contributed by atoms with Gasteiger partial charge in [-0.05, 0) is 19.3 Å². The lowest BCUT2D eigenvalue weighted by atomic mass is 10.1. The number of unbranched alkanes of at least 4 members (excludes halogenated alkanes) is 9. The smallest absolute Gasteiger partial charge is 0.305 e. The minimum atomic E-state index is -0.183. The highest BCUT2D eigenvalue weighted by Crippen LogP contribution is 2.09. The third-order valence-corrected chi connectivity index (χ3v) is 3.75. The van der Waals surface area contributed by atoms with Crippen molar-refractivity contribution in [3.05, 3.63) is 0 Å². The van der Waals surface area contributed by atoms with Gasteiger partial charge in [0.05, 0.1) is 13.7 Å². The third kappa shape index (κ3) is 15.3. The third-order valence-electron chi connectivity index (χ3n) is 3.75. The summed E-state index contributed by atoms with van der Waals surface area (Å²) in [5, 5.41) is 0. The van der Waals surface area contributed by atoms with Gasteiger partial charge in [-0.3, -0.25) is 9.59 Å². The zero-order valence-electron chi connectivity index (χ0n) is 14.5. The summed E-state index contributed by atoms with van der Waals surface area (Å²) in [6.45, 7) is 2.78. The Balaban J connectivity index is 3.21. The van der Waals surface area contributed by atoms with Crippen LogP contribution in [-0.2, 0) is 19.1 Å². The highest BCUT2D eigenvalue weighted by Gasteiger charge is 2.04. The van der Waals surface area contributed by atoms with E-state index in [0.717, 1.165) is 32.1 Å². The fraction of sp³-hybridized carbons (Fsp3) is 0.889. The van der Waals surface area contributed by atoms with Crippen LogP contribution in [-0.4, -0.2) is 25.7 Å². The van der Waals surface area contributed by atoms with Crippen LogP contribution in [0.2, 0.25) is 0 Å². The molecule has 0 aliphatic rings. The minimum absolute atomic E-state index is 0.110. The second-order valence-electron chi connectivity index (χ2n) is 5.83. The predicted molar refractivity (Wildman–Crippen MR) is 88.7 cm³/mol. The number of carbonyl (C=O) groups is 2. The molecular formula is C18H34O4. The summed E-state index contributed by atoms with van der Waals surface area (Å²) in [7, 11) is 1.39. The molecule has 0 aliphatic heterocycles. The van der Waals surface area contributed by atoms with E-state index in [1.54, 1.807) is 0 Å². The van der Waals surface area contributed by atoms with Gasteiger partial charge in [0.25, 0.3) is 0 Å². The van der Waals surface area contributed by atoms with E-state index < -0.39 is 0 Å². The molecule has 0 N–H and O–H groups in total. The Morgan fingerprint density at radius 3 is 1.77 bits per heavy atom. The van der Waals surface area contributed by atoms with E-state index in [2.05, 4.69) is 11.7 Å². The van der Waals surface area contributed by atoms with E-state index in [-0.39, 0.29) is 11.9 Å². The summed E-state index contributed by atoms with van der Waals surface area (Å²) in [5.74, 6) is -0.293. The van der Waals surface area contributed by atoms with E-state index in [9.17, 15) is 9.59 Å². The highest BCUT2D eigenvalue weighted by molar-refractivity contribution is 5.69. The normalized spacial score (nSPS) is 10.5. The maximum absolute atomic E-state index is 11.5. The molecule has 4 nitrogen and oxygen atoms in total. The van der Waals surface area contributed by atoms with Gasteiger partial charge in [-0.2, -0.15) is 0 Å². The second kappa shape index (κ2) is 16.3. The highest BCUT2D eigenvalue weighted by atomic mass is 16.5. The quantitative estimate of drug-likeness (QED) is 0.322. The first-order chi connectivity index (χ1) is 10.7. The van der Waals surface area contributed by atoms with E-state index >= 15 is 0 Å². The molecule has 0 rings (SSSR count). The zero-order chi connectivity index (χ0) is 16.5. The molecule has 130 valence electrons. The minimum Gasteiger partial charge on any atom is -0.469 e. The molecule has 22 heavy (non-hydrogen) atoms. The first-order valence-electron chi connectivity index (χ1n) is 8.93. The molecule has 0 aliphatic carbocycles. The number of carbonyl (C=O) groups excluding carboxylic acids is 2. The fourth-order valence-corrected chi connectivity index (χ4v) is 2.31. The van der Waals surface area contributed by atoms with Gasteiger partial charge in [0.2, 0.25) is 0 Å². The van der Waals surface area contributed by atoms with Crippen LogP contribution in [0.1, 0.15) is 90.4 Å². The number of hydrogen-bond donors (Lipinski definition) is 0. The lowest BCUT2D eigenvalue weighted by Crippen LogP contribution is -2.06. The van der Waals surface area contributed by atoms with Crippen molar-refractivity contribution in [2.45, 2.75) is 90.4 Å². The van der Waals surface area contributed by atoms with Gasteiger partial charge in [0, 0.05) is 12.8 Å². The molecule has 0 unspecified atom stereocenters. The second-order valence-corrected chi connectivity index (χ2v) is 5.83. The first kappa shape index (κ1) is 20.9. The average molecular weight is 314 g/mol. The lowest BCUT2D eigenvalue weighted by Gasteiger charge is -2.05. The lowest BCUT2D eigenvalue weighted by molar-refractivity contribution is -0.143. The Hall–Kier alpha value is -1.06. The summed E-state index contributed by atoms with van der Waals surface area (Å²) in [4.78, 5) is 22.4. The summed E-state index contributed by atoms with van der Waals surface area (Å²) < 4.78 is 9.77. The molecule has 0 radical (unpaired) electrons. The molecule has 0 aromatic rings. The van der Waals surface area contributed by atoms with Gasteiger partial charge in [0.1, 0.15) is 0 Å². The van der Waals surface area contributed by atoms with Crippen molar-refractivity contribution >= 4 is 11.9 Å². The summed E-state index contributed by atoms with van der Waals surface area (Å²) in [5.41, 5.74) is 0. The van der Waals surface area contributed by atoms with Crippen LogP contribution in [0.3, 0.4) is 0 Å². The summed E-state index contributed by atoms with van der Waals surface area (Å²) >= 11 is 0. The number of methoxy groups -OCH3 is 1. The molecule has 0 bridgehead atoms. The topological polar surface area (TPSA) is 52.6 Å². The van der Waals surface area contributed by atoms with E-state index in [0.29, 0.717) is 19.4 Å². The van der Waals surface area contributed by atoms with Crippen LogP contribution >= 0.6 is 0 Å². The van der Waals surface area contributed by atoms with Crippen LogP contribution < -0.4 is 0 Å². The SMILES string of the molecule is CCCCCCCCCCOC(=O)CCCCCC(=O)OC. The Bertz CT molecular complexity index is 276. The number of rotatable bonds is 15. The average Bonchev–Trinajstić information content (AvgIpc) is 2.52. The Labute approximate surface area is 135 Å². The van der Waals surface area contributed by atoms with Crippen LogP contribution in [0.5, 0.6) is 0 Å². The van der Waals surface area contributed by atoms with E-state index in [4.69, 9.17) is 4.74 Å². The molecule has 0 spiro atoms. The standard InChI is InChI=1S/C18H34O4/c1-3-4-5-6-7-8-9-13-16-22-18(20)15-12-10-11-14-17(19)21-2/h3-16H2,1-2H3. The molecule has 0 saturated heterocycles. The maximum Gasteiger partial charge on any atom is 0.305 e. The number of hydrogen-bond acceptors (Lipinski definition) is 4. The van der Waals surface area contributed by atoms with Crippen LogP contribution in [0.4, 0.5) is 0 Å². The van der Waals surface area contributed by atoms with Gasteiger partial charge in [-0.15, -0.1) is 0 Å². The summed E-state index contributed by atoms with van der Waals surface area (Å²) in [6, 6.07) is 0. The number of esters is 2. The Morgan fingerprint density at radius 2 is 1.18 bits per heavy atom. The van der Waals surface area contributed by atoms with Crippen LogP contribution in [0.25, 0.3) is 0 Å². The van der Waals surface area contributed by atoms with Gasteiger partial charge in [0.15, 0.2) is 0 Å². The van der Waals surface area contributed by atoms with Gasteiger partial charge in [-0.1, -0.05) is 58.3 Å². The van der Waals surface area contributed by atoms with Crippen molar-refractivity contribution in [3.63, 3.8) is 0 Å². The van der Waals surface area contributed by atoms with Crippen molar-refractivity contribution in [1.29, 1.82) is 0 Å². The predicted octanol–water partition coefficient (Wildman–Crippen LogP) is 4.79. The molecule has 0 saturated carbocycles. The van der Waals surface area contributed by atoms with Crippen molar-refractivity contribution < 1.29 is 19.1 Å². The molecule has 0 aromatic heterocycles. The summed E-state index contributed by atoms with van der Waals surface area (Å²) in [6.07, 6.45) is 13.3.